The third-order valence-corrected chi connectivity index (χ3v) is 5.94. The van der Waals surface area contributed by atoms with Gasteiger partial charge in [0.15, 0.2) is 0 Å². The maximum absolute atomic E-state index is 12.7. The summed E-state index contributed by atoms with van der Waals surface area (Å²) in [5, 5.41) is 3.63. The van der Waals surface area contributed by atoms with Crippen molar-refractivity contribution in [1.29, 1.82) is 0 Å². The van der Waals surface area contributed by atoms with Crippen LogP contribution >= 0.6 is 0 Å². The Labute approximate surface area is 175 Å². The number of likely N-dealkylation sites (tertiary alicyclic amines) is 1. The number of rotatable bonds is 6. The maximum atomic E-state index is 12.7. The zero-order chi connectivity index (χ0) is 21.1. The molecule has 1 fully saturated rings. The average Bonchev–Trinajstić information content (AvgIpc) is 3.04. The van der Waals surface area contributed by atoms with Crippen LogP contribution in [0.25, 0.3) is 11.1 Å². The van der Waals surface area contributed by atoms with E-state index in [9.17, 15) is 9.59 Å². The molecule has 0 aliphatic carbocycles. The highest BCUT2D eigenvalue weighted by atomic mass is 16.3. The lowest BCUT2D eigenvalue weighted by Crippen LogP contribution is -2.44. The molecule has 0 atom stereocenters. The fraction of sp³-hybridized carbons (Fsp3) is 0.435. The van der Waals surface area contributed by atoms with Gasteiger partial charge in [0.2, 0.25) is 11.6 Å². The number of hydrogen-bond donors (Lipinski definition) is 1. The first-order valence-electron chi connectivity index (χ1n) is 10.5. The van der Waals surface area contributed by atoms with Gasteiger partial charge in [-0.05, 0) is 32.3 Å². The lowest BCUT2D eigenvalue weighted by atomic mass is 10.0. The molecule has 0 unspecified atom stereocenters. The Morgan fingerprint density at radius 1 is 1.20 bits per heavy atom. The Balaban J connectivity index is 1.27. The maximum Gasteiger partial charge on any atom is 0.264 e. The van der Waals surface area contributed by atoms with Crippen LogP contribution in [-0.4, -0.2) is 39.5 Å². The molecule has 0 bridgehead atoms. The van der Waals surface area contributed by atoms with Crippen molar-refractivity contribution in [1.82, 2.24) is 19.8 Å². The van der Waals surface area contributed by atoms with Crippen molar-refractivity contribution in [2.75, 3.05) is 13.1 Å². The predicted octanol–water partition coefficient (Wildman–Crippen LogP) is 2.78. The van der Waals surface area contributed by atoms with Crippen LogP contribution in [0, 0.1) is 13.8 Å². The molecule has 2 aromatic heterocycles. The molecule has 1 aliphatic heterocycles. The molecule has 30 heavy (non-hydrogen) atoms. The Kier molecular flexibility index (Phi) is 5.99. The average molecular weight is 409 g/mol. The number of nitrogens with zero attached hydrogens (tertiary/aromatic N) is 3. The second-order valence-electron chi connectivity index (χ2n) is 8.06. The topological polar surface area (TPSA) is 80.4 Å². The fourth-order valence-electron chi connectivity index (χ4n) is 4.03. The summed E-state index contributed by atoms with van der Waals surface area (Å²) in [6.45, 7) is 6.87. The van der Waals surface area contributed by atoms with E-state index in [1.807, 2.05) is 19.9 Å². The monoisotopic (exact) mass is 408 g/mol. The zero-order valence-corrected chi connectivity index (χ0v) is 17.6. The first kappa shape index (κ1) is 20.3. The Hall–Kier alpha value is -2.93. The number of piperidine rings is 1. The summed E-state index contributed by atoms with van der Waals surface area (Å²) < 4.78 is 6.99. The SMILES string of the molecule is Cc1oc2ncn(CCC(=O)NC3CCN(Cc4ccccc4)CC3)c(=O)c2c1C. The molecule has 1 amide bonds. The Morgan fingerprint density at radius 2 is 1.93 bits per heavy atom. The number of carbonyl (C=O) groups is 1. The molecular formula is C23H28N4O3. The summed E-state index contributed by atoms with van der Waals surface area (Å²) in [4.78, 5) is 31.7. The number of carbonyl (C=O) groups excluding carboxylic acids is 1. The van der Waals surface area contributed by atoms with Crippen molar-refractivity contribution in [3.63, 3.8) is 0 Å². The van der Waals surface area contributed by atoms with Crippen molar-refractivity contribution in [3.05, 3.63) is 63.9 Å². The predicted molar refractivity (Wildman–Crippen MR) is 115 cm³/mol. The molecule has 1 N–H and O–H groups in total. The van der Waals surface area contributed by atoms with E-state index in [1.54, 1.807) is 0 Å². The normalized spacial score (nSPS) is 15.5. The van der Waals surface area contributed by atoms with Crippen molar-refractivity contribution in [3.8, 4) is 0 Å². The summed E-state index contributed by atoms with van der Waals surface area (Å²) in [5.41, 5.74) is 2.33. The van der Waals surface area contributed by atoms with Crippen LogP contribution in [0.15, 0.2) is 45.9 Å². The van der Waals surface area contributed by atoms with Crippen LogP contribution in [0.1, 0.15) is 36.1 Å². The van der Waals surface area contributed by atoms with E-state index in [4.69, 9.17) is 4.42 Å². The molecule has 0 radical (unpaired) electrons. The molecule has 1 aromatic carbocycles. The van der Waals surface area contributed by atoms with Gasteiger partial charge in [0, 0.05) is 44.2 Å². The number of benzene rings is 1. The quantitative estimate of drug-likeness (QED) is 0.678. The summed E-state index contributed by atoms with van der Waals surface area (Å²) >= 11 is 0. The second-order valence-corrected chi connectivity index (χ2v) is 8.06. The minimum absolute atomic E-state index is 0.0244. The van der Waals surface area contributed by atoms with Gasteiger partial charge in [-0.15, -0.1) is 0 Å². The number of furan rings is 1. The largest absolute Gasteiger partial charge is 0.443 e. The van der Waals surface area contributed by atoms with Gasteiger partial charge in [-0.2, -0.15) is 0 Å². The number of aryl methyl sites for hydroxylation is 3. The van der Waals surface area contributed by atoms with E-state index in [0.717, 1.165) is 38.0 Å². The van der Waals surface area contributed by atoms with Gasteiger partial charge in [0.25, 0.3) is 5.56 Å². The molecule has 0 saturated carbocycles. The minimum Gasteiger partial charge on any atom is -0.443 e. The van der Waals surface area contributed by atoms with E-state index in [1.165, 1.54) is 16.5 Å². The smallest absolute Gasteiger partial charge is 0.264 e. The van der Waals surface area contributed by atoms with E-state index < -0.39 is 0 Å². The summed E-state index contributed by atoms with van der Waals surface area (Å²) in [7, 11) is 0. The molecule has 3 aromatic rings. The molecule has 4 rings (SSSR count). The van der Waals surface area contributed by atoms with Crippen LogP contribution in [0.5, 0.6) is 0 Å². The van der Waals surface area contributed by atoms with Crippen LogP contribution in [-0.2, 0) is 17.9 Å². The second kappa shape index (κ2) is 8.83. The van der Waals surface area contributed by atoms with Crippen LogP contribution in [0.4, 0.5) is 0 Å². The number of aromatic nitrogens is 2. The first-order valence-corrected chi connectivity index (χ1v) is 10.5. The molecule has 0 spiro atoms. The third-order valence-electron chi connectivity index (χ3n) is 5.94. The Morgan fingerprint density at radius 3 is 2.67 bits per heavy atom. The molecule has 3 heterocycles. The number of amides is 1. The van der Waals surface area contributed by atoms with Crippen LogP contribution < -0.4 is 10.9 Å². The van der Waals surface area contributed by atoms with Gasteiger partial charge in [-0.25, -0.2) is 4.98 Å². The van der Waals surface area contributed by atoms with Gasteiger partial charge < -0.3 is 9.73 Å². The lowest BCUT2D eigenvalue weighted by molar-refractivity contribution is -0.122. The van der Waals surface area contributed by atoms with Gasteiger partial charge in [-0.3, -0.25) is 19.1 Å². The van der Waals surface area contributed by atoms with Crippen molar-refractivity contribution in [2.45, 2.75) is 52.2 Å². The third kappa shape index (κ3) is 4.46. The van der Waals surface area contributed by atoms with Crippen molar-refractivity contribution >= 4 is 17.0 Å². The summed E-state index contributed by atoms with van der Waals surface area (Å²) in [6, 6.07) is 10.7. The summed E-state index contributed by atoms with van der Waals surface area (Å²) in [5.74, 6) is 0.673. The van der Waals surface area contributed by atoms with Gasteiger partial charge in [0.1, 0.15) is 17.5 Å². The molecule has 7 nitrogen and oxygen atoms in total. The first-order chi connectivity index (χ1) is 14.5. The highest BCUT2D eigenvalue weighted by molar-refractivity contribution is 5.78. The van der Waals surface area contributed by atoms with Crippen LogP contribution in [0.2, 0.25) is 0 Å². The lowest BCUT2D eigenvalue weighted by Gasteiger charge is -2.32. The Bertz CT molecular complexity index is 1080. The highest BCUT2D eigenvalue weighted by Crippen LogP contribution is 2.19. The van der Waals surface area contributed by atoms with Crippen LogP contribution in [0.3, 0.4) is 0 Å². The standard InChI is InChI=1S/C23H28N4O3/c1-16-17(2)30-22-21(16)23(29)27(15-24-22)13-10-20(28)25-19-8-11-26(12-9-19)14-18-6-4-3-5-7-18/h3-7,15,19H,8-14H2,1-2H3,(H,25,28). The van der Waals surface area contributed by atoms with E-state index in [2.05, 4.69) is 39.5 Å². The molecule has 1 saturated heterocycles. The fourth-order valence-corrected chi connectivity index (χ4v) is 4.03. The number of fused-ring (bicyclic) bond motifs is 1. The zero-order valence-electron chi connectivity index (χ0n) is 17.6. The van der Waals surface area contributed by atoms with E-state index >= 15 is 0 Å². The highest BCUT2D eigenvalue weighted by Gasteiger charge is 2.21. The summed E-state index contributed by atoms with van der Waals surface area (Å²) in [6.07, 6.45) is 3.61. The molecular weight excluding hydrogens is 380 g/mol. The number of nitrogens with one attached hydrogen (secondary N) is 1. The number of hydrogen-bond acceptors (Lipinski definition) is 5. The van der Waals surface area contributed by atoms with Gasteiger partial charge >= 0.3 is 0 Å². The minimum atomic E-state index is -0.156. The van der Waals surface area contributed by atoms with Gasteiger partial charge in [0.05, 0.1) is 0 Å². The molecule has 1 aliphatic rings. The van der Waals surface area contributed by atoms with E-state index in [0.29, 0.717) is 23.4 Å². The van der Waals surface area contributed by atoms with E-state index in [-0.39, 0.29) is 23.9 Å². The van der Waals surface area contributed by atoms with Crippen molar-refractivity contribution in [2.24, 2.45) is 0 Å². The van der Waals surface area contributed by atoms with Gasteiger partial charge in [-0.1, -0.05) is 30.3 Å². The van der Waals surface area contributed by atoms with Crippen molar-refractivity contribution < 1.29 is 9.21 Å². The molecule has 7 heteroatoms. The molecule has 158 valence electrons.